The van der Waals surface area contributed by atoms with Gasteiger partial charge < -0.3 is 15.7 Å². The van der Waals surface area contributed by atoms with Crippen LogP contribution in [0.4, 0.5) is 8.78 Å². The van der Waals surface area contributed by atoms with Gasteiger partial charge in [-0.15, -0.1) is 0 Å². The third-order valence-corrected chi connectivity index (χ3v) is 7.77. The number of pyridine rings is 1. The molecule has 1 aliphatic rings. The molecule has 1 amide bonds. The van der Waals surface area contributed by atoms with Crippen LogP contribution < -0.4 is 10.6 Å². The van der Waals surface area contributed by atoms with Gasteiger partial charge in [0, 0.05) is 28.7 Å². The number of nitriles is 1. The highest BCUT2D eigenvalue weighted by atomic mass is 35.5. The molecule has 0 saturated carbocycles. The van der Waals surface area contributed by atoms with Gasteiger partial charge in [0.1, 0.15) is 17.0 Å². The van der Waals surface area contributed by atoms with Gasteiger partial charge in [0.05, 0.1) is 34.9 Å². The predicted molar refractivity (Wildman–Crippen MR) is 151 cm³/mol. The lowest BCUT2D eigenvalue weighted by Gasteiger charge is -2.37. The van der Waals surface area contributed by atoms with Crippen molar-refractivity contribution in [1.29, 1.82) is 5.26 Å². The molecule has 0 radical (unpaired) electrons. The summed E-state index contributed by atoms with van der Waals surface area (Å²) in [6.07, 6.45) is 1.51. The van der Waals surface area contributed by atoms with Gasteiger partial charge in [-0.25, -0.2) is 13.6 Å². The minimum Gasteiger partial charge on any atom is -0.478 e. The maximum atomic E-state index is 15.7. The Labute approximate surface area is 246 Å². The van der Waals surface area contributed by atoms with E-state index in [1.807, 2.05) is 20.8 Å². The van der Waals surface area contributed by atoms with Crippen LogP contribution in [0.3, 0.4) is 0 Å². The number of benzene rings is 2. The highest BCUT2D eigenvalue weighted by molar-refractivity contribution is 6.31. The summed E-state index contributed by atoms with van der Waals surface area (Å²) < 4.78 is 31.4. The first kappa shape index (κ1) is 30.4. The number of halogens is 4. The lowest BCUT2D eigenvalue weighted by Crippen LogP contribution is -2.45. The zero-order chi connectivity index (χ0) is 30.1. The summed E-state index contributed by atoms with van der Waals surface area (Å²) >= 11 is 12.2. The number of aromatic carboxylic acids is 1. The van der Waals surface area contributed by atoms with Gasteiger partial charge in [0.2, 0.25) is 5.91 Å². The highest BCUT2D eigenvalue weighted by Gasteiger charge is 2.61. The number of nitrogens with one attached hydrogen (secondary N) is 2. The van der Waals surface area contributed by atoms with Gasteiger partial charge >= 0.3 is 5.97 Å². The second-order valence-electron chi connectivity index (χ2n) is 11.2. The molecule has 41 heavy (non-hydrogen) atoms. The number of aromatic nitrogens is 1. The van der Waals surface area contributed by atoms with Gasteiger partial charge in [0.25, 0.3) is 0 Å². The molecule has 3 aromatic rings. The van der Waals surface area contributed by atoms with Crippen molar-refractivity contribution in [1.82, 2.24) is 15.6 Å². The first-order valence-corrected chi connectivity index (χ1v) is 13.6. The third-order valence-electron chi connectivity index (χ3n) is 7.25. The molecule has 3 N–H and O–H groups in total. The third kappa shape index (κ3) is 6.05. The van der Waals surface area contributed by atoms with Crippen LogP contribution in [-0.4, -0.2) is 34.1 Å². The Kier molecular flexibility index (Phi) is 8.69. The zero-order valence-electron chi connectivity index (χ0n) is 22.5. The van der Waals surface area contributed by atoms with E-state index >= 15 is 8.78 Å². The zero-order valence-corrected chi connectivity index (χ0v) is 24.0. The first-order chi connectivity index (χ1) is 19.3. The maximum Gasteiger partial charge on any atom is 0.337 e. The summed E-state index contributed by atoms with van der Waals surface area (Å²) in [6, 6.07) is 11.4. The maximum absolute atomic E-state index is 15.7. The molecule has 214 valence electrons. The predicted octanol–water partition coefficient (Wildman–Crippen LogP) is 6.00. The minimum absolute atomic E-state index is 0.0113. The molecular formula is C30H28Cl2F2N4O3. The number of hydrogen-bond donors (Lipinski definition) is 3. The Morgan fingerprint density at radius 1 is 1.17 bits per heavy atom. The molecule has 4 unspecified atom stereocenters. The summed E-state index contributed by atoms with van der Waals surface area (Å²) in [5.74, 6) is -4.48. The largest absolute Gasteiger partial charge is 0.478 e. The second kappa shape index (κ2) is 11.7. The normalized spacial score (nSPS) is 22.2. The van der Waals surface area contributed by atoms with Gasteiger partial charge in [0.15, 0.2) is 0 Å². The minimum atomic E-state index is -1.74. The topological polar surface area (TPSA) is 115 Å². The average Bonchev–Trinajstić information content (AvgIpc) is 3.22. The summed E-state index contributed by atoms with van der Waals surface area (Å²) in [6.45, 7) is 5.78. The molecule has 0 aliphatic carbocycles. The fraction of sp³-hybridized carbons (Fsp3) is 0.333. The molecule has 1 saturated heterocycles. The molecule has 0 spiro atoms. The monoisotopic (exact) mass is 600 g/mol. The Hall–Kier alpha value is -3.58. The van der Waals surface area contributed by atoms with Crippen LogP contribution in [0.25, 0.3) is 0 Å². The average molecular weight is 601 g/mol. The Morgan fingerprint density at radius 3 is 2.49 bits per heavy atom. The van der Waals surface area contributed by atoms with E-state index in [1.165, 1.54) is 48.7 Å². The summed E-state index contributed by atoms with van der Waals surface area (Å²) in [5, 5.41) is 25.9. The SMILES string of the molecule is CC(C)(C)CC1NC(C(=O)NCc2ccc(C(=O)O)cn2)C(c2cccc(Cl)c2F)C1(C#N)c1ccc(Cl)cc1F. The molecule has 11 heteroatoms. The number of amides is 1. The van der Waals surface area contributed by atoms with Crippen LogP contribution >= 0.6 is 23.2 Å². The lowest BCUT2D eigenvalue weighted by atomic mass is 9.62. The lowest BCUT2D eigenvalue weighted by molar-refractivity contribution is -0.123. The molecule has 2 aromatic carbocycles. The Bertz CT molecular complexity index is 1520. The number of carboxylic acids is 1. The van der Waals surface area contributed by atoms with E-state index in [-0.39, 0.29) is 38.7 Å². The van der Waals surface area contributed by atoms with Crippen LogP contribution in [0, 0.1) is 28.4 Å². The van der Waals surface area contributed by atoms with Crippen molar-refractivity contribution in [2.24, 2.45) is 5.41 Å². The molecule has 1 aromatic heterocycles. The quantitative estimate of drug-likeness (QED) is 0.306. The van der Waals surface area contributed by atoms with Gasteiger partial charge in [-0.1, -0.05) is 62.2 Å². The van der Waals surface area contributed by atoms with E-state index in [0.29, 0.717) is 12.1 Å². The van der Waals surface area contributed by atoms with E-state index in [4.69, 9.17) is 28.3 Å². The van der Waals surface area contributed by atoms with Crippen LogP contribution in [-0.2, 0) is 16.8 Å². The van der Waals surface area contributed by atoms with Crippen LogP contribution in [0.2, 0.25) is 10.0 Å². The van der Waals surface area contributed by atoms with Crippen molar-refractivity contribution >= 4 is 35.1 Å². The van der Waals surface area contributed by atoms with Crippen molar-refractivity contribution in [2.45, 2.75) is 57.2 Å². The van der Waals surface area contributed by atoms with E-state index in [9.17, 15) is 14.9 Å². The standard InChI is InChI=1S/C30H28Cl2F2N4O3/c1-29(2,3)12-23-30(15-35,20-10-8-17(31)11-22(20)33)24(19-5-4-6-21(32)25(19)34)26(38-23)27(39)37-14-18-9-7-16(13-36-18)28(40)41/h4-11,13,23-24,26,38H,12,14H2,1-3H3,(H,37,39)(H,40,41). The van der Waals surface area contributed by atoms with Crippen molar-refractivity contribution < 1.29 is 23.5 Å². The van der Waals surface area contributed by atoms with Crippen molar-refractivity contribution in [3.05, 3.63) is 98.8 Å². The van der Waals surface area contributed by atoms with Crippen molar-refractivity contribution in [3.63, 3.8) is 0 Å². The number of nitrogens with zero attached hydrogens (tertiary/aromatic N) is 2. The Morgan fingerprint density at radius 2 is 1.90 bits per heavy atom. The second-order valence-corrected chi connectivity index (χ2v) is 12.1. The van der Waals surface area contributed by atoms with Crippen LogP contribution in [0.1, 0.15) is 60.3 Å². The Balaban J connectivity index is 1.85. The number of carbonyl (C=O) groups excluding carboxylic acids is 1. The van der Waals surface area contributed by atoms with Gasteiger partial charge in [-0.2, -0.15) is 5.26 Å². The summed E-state index contributed by atoms with van der Waals surface area (Å²) in [5.41, 5.74) is -1.77. The van der Waals surface area contributed by atoms with Gasteiger partial charge in [-0.05, 0) is 47.7 Å². The molecule has 4 rings (SSSR count). The molecule has 1 aliphatic heterocycles. The number of rotatable bonds is 7. The first-order valence-electron chi connectivity index (χ1n) is 12.8. The molecule has 7 nitrogen and oxygen atoms in total. The summed E-state index contributed by atoms with van der Waals surface area (Å²) in [4.78, 5) is 29.0. The van der Waals surface area contributed by atoms with Crippen LogP contribution in [0.15, 0.2) is 54.7 Å². The van der Waals surface area contributed by atoms with E-state index < -0.39 is 46.9 Å². The van der Waals surface area contributed by atoms with Crippen LogP contribution in [0.5, 0.6) is 0 Å². The smallest absolute Gasteiger partial charge is 0.337 e. The fourth-order valence-corrected chi connectivity index (χ4v) is 5.84. The number of hydrogen-bond acceptors (Lipinski definition) is 5. The van der Waals surface area contributed by atoms with Crippen molar-refractivity contribution in [3.8, 4) is 6.07 Å². The van der Waals surface area contributed by atoms with E-state index in [1.54, 1.807) is 0 Å². The molecule has 4 atom stereocenters. The highest BCUT2D eigenvalue weighted by Crippen LogP contribution is 2.52. The van der Waals surface area contributed by atoms with Crippen molar-refractivity contribution in [2.75, 3.05) is 0 Å². The van der Waals surface area contributed by atoms with E-state index in [2.05, 4.69) is 21.7 Å². The number of carbonyl (C=O) groups is 2. The molecule has 1 fully saturated rings. The molecule has 0 bridgehead atoms. The van der Waals surface area contributed by atoms with Gasteiger partial charge in [-0.3, -0.25) is 9.78 Å². The molecule has 2 heterocycles. The molecular weight excluding hydrogens is 573 g/mol. The fourth-order valence-electron chi connectivity index (χ4n) is 5.50. The van der Waals surface area contributed by atoms with E-state index in [0.717, 1.165) is 6.07 Å². The summed E-state index contributed by atoms with van der Waals surface area (Å²) in [7, 11) is 0. The number of carboxylic acid groups (broad SMARTS) is 1.